The zero-order valence-corrected chi connectivity index (χ0v) is 15.7. The summed E-state index contributed by atoms with van der Waals surface area (Å²) in [6.45, 7) is 13.1. The van der Waals surface area contributed by atoms with Gasteiger partial charge in [-0.2, -0.15) is 0 Å². The van der Waals surface area contributed by atoms with E-state index in [9.17, 15) is 0 Å². The molecule has 0 spiro atoms. The average molecular weight is 315 g/mol. The van der Waals surface area contributed by atoms with Gasteiger partial charge in [0.2, 0.25) is 0 Å². The summed E-state index contributed by atoms with van der Waals surface area (Å²) in [6.07, 6.45) is 2.16. The van der Waals surface area contributed by atoms with E-state index >= 15 is 0 Å². The van der Waals surface area contributed by atoms with Gasteiger partial charge in [0.15, 0.2) is 0 Å². The molecule has 0 N–H and O–H groups in total. The summed E-state index contributed by atoms with van der Waals surface area (Å²) in [7, 11) is -4.32. The Morgan fingerprint density at radius 2 is 1.12 bits per heavy atom. The van der Waals surface area contributed by atoms with Crippen LogP contribution in [-0.4, -0.2) is 15.3 Å². The number of hydrogen-bond donors (Lipinski definition) is 0. The van der Waals surface area contributed by atoms with Crippen LogP contribution >= 0.6 is 22.2 Å². The highest BCUT2D eigenvalue weighted by Gasteiger charge is 2.47. The Labute approximate surface area is 119 Å². The summed E-state index contributed by atoms with van der Waals surface area (Å²) >= 11 is 13.6. The van der Waals surface area contributed by atoms with Gasteiger partial charge in [-0.3, -0.25) is 0 Å². The molecule has 5 heteroatoms. The van der Waals surface area contributed by atoms with Crippen LogP contribution < -0.4 is 0 Å². The first-order valence-electron chi connectivity index (χ1n) is 6.87. The Bertz CT molecular complexity index is 209. The molecule has 0 fully saturated rings. The van der Waals surface area contributed by atoms with Crippen LogP contribution in [0.1, 0.15) is 54.4 Å². The van der Waals surface area contributed by atoms with Crippen molar-refractivity contribution in [2.45, 2.75) is 77.6 Å². The minimum atomic E-state index is -2.16. The van der Waals surface area contributed by atoms with Crippen molar-refractivity contribution in [3.8, 4) is 0 Å². The third-order valence-electron chi connectivity index (χ3n) is 4.00. The standard InChI is InChI=1S/C12H28Cl2OSi2/c1-7-11(5)16(13,9-3)15-17(14,10-4)12(6)8-2/h11-12H,7-10H2,1-6H3. The maximum atomic E-state index is 6.81. The minimum Gasteiger partial charge on any atom is -0.432 e. The molecule has 0 aromatic rings. The molecule has 0 saturated carbocycles. The predicted molar refractivity (Wildman–Crippen MR) is 84.7 cm³/mol. The fourth-order valence-corrected chi connectivity index (χ4v) is 13.3. The van der Waals surface area contributed by atoms with Gasteiger partial charge in [0.1, 0.15) is 0 Å². The molecule has 0 aromatic carbocycles. The zero-order chi connectivity index (χ0) is 13.7. The first-order valence-corrected chi connectivity index (χ1v) is 13.3. The molecule has 0 saturated heterocycles. The number of halogens is 2. The Morgan fingerprint density at radius 3 is 1.29 bits per heavy atom. The van der Waals surface area contributed by atoms with E-state index in [0.29, 0.717) is 11.1 Å². The second kappa shape index (κ2) is 7.54. The third kappa shape index (κ3) is 4.53. The second-order valence-electron chi connectivity index (χ2n) is 5.00. The van der Waals surface area contributed by atoms with Crippen LogP contribution in [0, 0.1) is 0 Å². The summed E-state index contributed by atoms with van der Waals surface area (Å²) in [6, 6.07) is 1.89. The van der Waals surface area contributed by atoms with Gasteiger partial charge in [-0.1, -0.05) is 54.4 Å². The van der Waals surface area contributed by atoms with Gasteiger partial charge in [-0.25, -0.2) is 0 Å². The fraction of sp³-hybridized carbons (Fsp3) is 1.00. The van der Waals surface area contributed by atoms with Crippen molar-refractivity contribution in [2.75, 3.05) is 0 Å². The molecule has 104 valence electrons. The molecular formula is C12H28Cl2OSi2. The highest BCUT2D eigenvalue weighted by atomic mass is 35.6. The molecule has 4 atom stereocenters. The smallest absolute Gasteiger partial charge is 0.283 e. The third-order valence-corrected chi connectivity index (χ3v) is 17.6. The molecule has 0 aromatic heterocycles. The molecule has 0 radical (unpaired) electrons. The highest BCUT2D eigenvalue weighted by Crippen LogP contribution is 2.42. The molecule has 1 nitrogen and oxygen atoms in total. The van der Waals surface area contributed by atoms with Crippen molar-refractivity contribution in [1.29, 1.82) is 0 Å². The summed E-state index contributed by atoms with van der Waals surface area (Å²) in [4.78, 5) is 0. The monoisotopic (exact) mass is 314 g/mol. The van der Waals surface area contributed by atoms with Crippen LogP contribution in [0.3, 0.4) is 0 Å². The van der Waals surface area contributed by atoms with Crippen LogP contribution in [0.15, 0.2) is 0 Å². The first kappa shape index (κ1) is 18.0. The highest BCUT2D eigenvalue weighted by molar-refractivity contribution is 7.26. The van der Waals surface area contributed by atoms with Gasteiger partial charge in [0, 0.05) is 0 Å². The maximum Gasteiger partial charge on any atom is 0.283 e. The van der Waals surface area contributed by atoms with Crippen molar-refractivity contribution >= 4 is 37.4 Å². The predicted octanol–water partition coefficient (Wildman–Crippen LogP) is 6.01. The molecule has 0 aliphatic heterocycles. The van der Waals surface area contributed by atoms with Gasteiger partial charge in [-0.05, 0) is 23.2 Å². The quantitative estimate of drug-likeness (QED) is 0.394. The zero-order valence-electron chi connectivity index (χ0n) is 12.1. The Hall–Kier alpha value is 0.974. The van der Waals surface area contributed by atoms with Crippen LogP contribution in [0.4, 0.5) is 0 Å². The molecule has 4 unspecified atom stereocenters. The van der Waals surface area contributed by atoms with E-state index in [2.05, 4.69) is 41.5 Å². The number of rotatable bonds is 8. The maximum absolute atomic E-state index is 6.81. The van der Waals surface area contributed by atoms with Gasteiger partial charge < -0.3 is 4.12 Å². The first-order chi connectivity index (χ1) is 7.79. The number of hydrogen-bond acceptors (Lipinski definition) is 1. The van der Waals surface area contributed by atoms with E-state index in [1.807, 2.05) is 0 Å². The van der Waals surface area contributed by atoms with Crippen LogP contribution in [0.2, 0.25) is 23.2 Å². The summed E-state index contributed by atoms with van der Waals surface area (Å²) < 4.78 is 6.44. The van der Waals surface area contributed by atoms with Crippen molar-refractivity contribution in [1.82, 2.24) is 0 Å². The lowest BCUT2D eigenvalue weighted by Gasteiger charge is -2.39. The molecular weight excluding hydrogens is 287 g/mol. The van der Waals surface area contributed by atoms with Gasteiger partial charge in [-0.15, -0.1) is 22.2 Å². The lowest BCUT2D eigenvalue weighted by Crippen LogP contribution is -2.49. The van der Waals surface area contributed by atoms with E-state index in [-0.39, 0.29) is 0 Å². The SMILES string of the molecule is CCC(C)[Si](Cl)(CC)O[Si](Cl)(CC)C(C)CC. The van der Waals surface area contributed by atoms with Crippen molar-refractivity contribution in [2.24, 2.45) is 0 Å². The van der Waals surface area contributed by atoms with Crippen molar-refractivity contribution < 1.29 is 4.12 Å². The second-order valence-corrected chi connectivity index (χ2v) is 16.2. The lowest BCUT2D eigenvalue weighted by atomic mass is 10.4. The molecule has 0 rings (SSSR count). The Balaban J connectivity index is 4.96. The van der Waals surface area contributed by atoms with E-state index in [4.69, 9.17) is 26.3 Å². The normalized spacial score (nSPS) is 22.6. The van der Waals surface area contributed by atoms with E-state index in [1.54, 1.807) is 0 Å². The molecule has 0 aliphatic carbocycles. The van der Waals surface area contributed by atoms with E-state index < -0.39 is 15.3 Å². The topological polar surface area (TPSA) is 9.23 Å². The van der Waals surface area contributed by atoms with Crippen molar-refractivity contribution in [3.05, 3.63) is 0 Å². The van der Waals surface area contributed by atoms with Crippen LogP contribution in [-0.2, 0) is 4.12 Å². The van der Waals surface area contributed by atoms with Gasteiger partial charge in [0.05, 0.1) is 0 Å². The summed E-state index contributed by atoms with van der Waals surface area (Å²) in [5.41, 5.74) is 0.936. The summed E-state index contributed by atoms with van der Waals surface area (Å²) in [5.74, 6) is 0. The Kier molecular flexibility index (Phi) is 7.97. The average Bonchev–Trinajstić information content (AvgIpc) is 2.35. The van der Waals surface area contributed by atoms with Crippen LogP contribution in [0.25, 0.3) is 0 Å². The molecule has 17 heavy (non-hydrogen) atoms. The fourth-order valence-electron chi connectivity index (χ4n) is 1.93. The molecule has 0 aliphatic rings. The molecule has 0 bridgehead atoms. The van der Waals surface area contributed by atoms with Gasteiger partial charge in [0.25, 0.3) is 15.3 Å². The minimum absolute atomic E-state index is 0.468. The molecule has 0 heterocycles. The van der Waals surface area contributed by atoms with Gasteiger partial charge >= 0.3 is 0 Å². The Morgan fingerprint density at radius 1 is 0.824 bits per heavy atom. The van der Waals surface area contributed by atoms with E-state index in [0.717, 1.165) is 24.9 Å². The van der Waals surface area contributed by atoms with Crippen LogP contribution in [0.5, 0.6) is 0 Å². The molecule has 0 amide bonds. The lowest BCUT2D eigenvalue weighted by molar-refractivity contribution is 0.510. The van der Waals surface area contributed by atoms with Crippen molar-refractivity contribution in [3.63, 3.8) is 0 Å². The summed E-state index contributed by atoms with van der Waals surface area (Å²) in [5, 5.41) is 0. The van der Waals surface area contributed by atoms with E-state index in [1.165, 1.54) is 0 Å². The largest absolute Gasteiger partial charge is 0.432 e.